The van der Waals surface area contributed by atoms with Gasteiger partial charge in [-0.3, -0.25) is 4.79 Å². The summed E-state index contributed by atoms with van der Waals surface area (Å²) < 4.78 is 24.7. The Morgan fingerprint density at radius 1 is 1.44 bits per heavy atom. The summed E-state index contributed by atoms with van der Waals surface area (Å²) in [7, 11) is 1.48. The van der Waals surface area contributed by atoms with E-state index in [4.69, 9.17) is 26.8 Å². The molecule has 2 aliphatic rings. The van der Waals surface area contributed by atoms with E-state index in [-0.39, 0.29) is 28.8 Å². The maximum absolute atomic E-state index is 14.4. The molecule has 0 spiro atoms. The first-order valence-corrected chi connectivity index (χ1v) is 8.64. The third-order valence-electron chi connectivity index (χ3n) is 4.56. The third kappa shape index (κ3) is 3.40. The zero-order valence-electron chi connectivity index (χ0n) is 14.3. The smallest absolute Gasteiger partial charge is 0.282 e. The minimum atomic E-state index is -0.514. The minimum absolute atomic E-state index is 0.0209. The molecular formula is C18H16ClFN4O3. The van der Waals surface area contributed by atoms with Gasteiger partial charge in [-0.25, -0.2) is 14.4 Å². The molecule has 2 heterocycles. The number of nitrogens with two attached hydrogens (primary N) is 1. The van der Waals surface area contributed by atoms with E-state index in [9.17, 15) is 9.18 Å². The van der Waals surface area contributed by atoms with Crippen molar-refractivity contribution in [3.05, 3.63) is 52.6 Å². The molecule has 3 N–H and O–H groups in total. The quantitative estimate of drug-likeness (QED) is 0.836. The highest BCUT2D eigenvalue weighted by molar-refractivity contribution is 6.34. The van der Waals surface area contributed by atoms with E-state index < -0.39 is 17.8 Å². The molecule has 140 valence electrons. The second-order valence-corrected chi connectivity index (χ2v) is 6.77. The van der Waals surface area contributed by atoms with Crippen LogP contribution in [0.4, 0.5) is 10.1 Å². The number of pyridine rings is 1. The highest BCUT2D eigenvalue weighted by Crippen LogP contribution is 2.49. The standard InChI is InChI=1S/C18H16ClFN4O3/c1-26-9-5-12(19)16(22-7-9)17(25)23-8-2-3-13(20)10(4-8)15-11-6-14(11)27-18(21)24-15/h2-5,7,11,14-15H,6H2,1H3,(H2,21,24)(H,23,25)/t11-,14+,15+/m0/s1. The van der Waals surface area contributed by atoms with E-state index in [1.165, 1.54) is 31.5 Å². The lowest BCUT2D eigenvalue weighted by Gasteiger charge is -2.20. The number of amidine groups is 1. The van der Waals surface area contributed by atoms with Crippen LogP contribution in [0, 0.1) is 11.7 Å². The summed E-state index contributed by atoms with van der Waals surface area (Å²) in [4.78, 5) is 20.7. The number of halogens is 2. The van der Waals surface area contributed by atoms with Crippen molar-refractivity contribution in [2.75, 3.05) is 12.4 Å². The van der Waals surface area contributed by atoms with Crippen molar-refractivity contribution in [2.24, 2.45) is 16.6 Å². The van der Waals surface area contributed by atoms with Gasteiger partial charge in [0.2, 0.25) is 0 Å². The second kappa shape index (κ2) is 6.70. The number of ether oxygens (including phenoxy) is 2. The van der Waals surface area contributed by atoms with Gasteiger partial charge in [-0.1, -0.05) is 11.6 Å². The summed E-state index contributed by atoms with van der Waals surface area (Å²) in [6.45, 7) is 0. The molecule has 7 nitrogen and oxygen atoms in total. The molecule has 1 amide bonds. The number of nitrogens with zero attached hydrogens (tertiary/aromatic N) is 2. The van der Waals surface area contributed by atoms with Gasteiger partial charge in [0, 0.05) is 23.2 Å². The molecule has 1 saturated carbocycles. The average Bonchev–Trinajstić information content (AvgIpc) is 3.41. The number of hydrogen-bond acceptors (Lipinski definition) is 6. The van der Waals surface area contributed by atoms with E-state index in [1.807, 2.05) is 0 Å². The van der Waals surface area contributed by atoms with Crippen molar-refractivity contribution >= 4 is 29.2 Å². The van der Waals surface area contributed by atoms with Crippen molar-refractivity contribution in [3.8, 4) is 5.75 Å². The Morgan fingerprint density at radius 3 is 3.00 bits per heavy atom. The van der Waals surface area contributed by atoms with Gasteiger partial charge < -0.3 is 20.5 Å². The summed E-state index contributed by atoms with van der Waals surface area (Å²) in [6, 6.07) is 5.42. The van der Waals surface area contributed by atoms with Crippen LogP contribution in [0.15, 0.2) is 35.5 Å². The Morgan fingerprint density at radius 2 is 2.26 bits per heavy atom. The molecular weight excluding hydrogens is 375 g/mol. The number of fused-ring (bicyclic) bond motifs is 1. The monoisotopic (exact) mass is 390 g/mol. The Hall–Kier alpha value is -2.87. The highest BCUT2D eigenvalue weighted by atomic mass is 35.5. The van der Waals surface area contributed by atoms with Gasteiger partial charge in [0.1, 0.15) is 23.4 Å². The predicted octanol–water partition coefficient (Wildman–Crippen LogP) is 2.91. The normalized spacial score (nSPS) is 22.9. The summed E-state index contributed by atoms with van der Waals surface area (Å²) >= 11 is 6.08. The molecule has 2 aromatic rings. The van der Waals surface area contributed by atoms with Crippen LogP contribution in [0.25, 0.3) is 0 Å². The third-order valence-corrected chi connectivity index (χ3v) is 4.85. The summed E-state index contributed by atoms with van der Waals surface area (Å²) in [5.41, 5.74) is 6.47. The van der Waals surface area contributed by atoms with Gasteiger partial charge in [-0.15, -0.1) is 0 Å². The number of carbonyl (C=O) groups excluding carboxylic acids is 1. The predicted molar refractivity (Wildman–Crippen MR) is 97.5 cm³/mol. The number of benzene rings is 1. The Balaban J connectivity index is 1.58. The fourth-order valence-electron chi connectivity index (χ4n) is 3.11. The number of carbonyl (C=O) groups is 1. The topological polar surface area (TPSA) is 98.8 Å². The number of aliphatic imine (C=N–C) groups is 1. The van der Waals surface area contributed by atoms with E-state index in [0.717, 1.165) is 6.42 Å². The lowest BCUT2D eigenvalue weighted by atomic mass is 10.0. The largest absolute Gasteiger partial charge is 0.495 e. The van der Waals surface area contributed by atoms with E-state index >= 15 is 0 Å². The SMILES string of the molecule is COc1cnc(C(=O)Nc2ccc(F)c([C@H]3N=C(N)O[C@@H]4C[C@H]34)c2)c(Cl)c1. The fraction of sp³-hybridized carbons (Fsp3) is 0.278. The van der Waals surface area contributed by atoms with Crippen LogP contribution in [0.3, 0.4) is 0 Å². The first kappa shape index (κ1) is 17.5. The molecule has 1 aromatic carbocycles. The van der Waals surface area contributed by atoms with E-state index in [1.54, 1.807) is 6.07 Å². The lowest BCUT2D eigenvalue weighted by molar-refractivity contribution is 0.102. The number of aromatic nitrogens is 1. The number of amides is 1. The van der Waals surface area contributed by atoms with Crippen LogP contribution >= 0.6 is 11.6 Å². The zero-order valence-corrected chi connectivity index (χ0v) is 15.0. The van der Waals surface area contributed by atoms with Crippen LogP contribution in [0.5, 0.6) is 5.75 Å². The van der Waals surface area contributed by atoms with Crippen molar-refractivity contribution in [3.63, 3.8) is 0 Å². The van der Waals surface area contributed by atoms with Gasteiger partial charge in [-0.2, -0.15) is 0 Å². The number of anilines is 1. The summed E-state index contributed by atoms with van der Waals surface area (Å²) in [5, 5.41) is 2.83. The van der Waals surface area contributed by atoms with E-state index in [0.29, 0.717) is 17.0 Å². The van der Waals surface area contributed by atoms with Gasteiger partial charge in [0.05, 0.1) is 24.4 Å². The molecule has 9 heteroatoms. The fourth-order valence-corrected chi connectivity index (χ4v) is 3.36. The van der Waals surface area contributed by atoms with Crippen molar-refractivity contribution < 1.29 is 18.7 Å². The van der Waals surface area contributed by atoms with Crippen molar-refractivity contribution in [1.29, 1.82) is 0 Å². The molecule has 0 bridgehead atoms. The highest BCUT2D eigenvalue weighted by Gasteiger charge is 2.50. The molecule has 0 radical (unpaired) electrons. The Labute approximate surface area is 159 Å². The van der Waals surface area contributed by atoms with Crippen molar-refractivity contribution in [2.45, 2.75) is 18.6 Å². The summed E-state index contributed by atoms with van der Waals surface area (Å²) in [6.07, 6.45) is 2.15. The average molecular weight is 391 g/mol. The maximum Gasteiger partial charge on any atom is 0.282 e. The molecule has 1 aromatic heterocycles. The molecule has 1 fully saturated rings. The maximum atomic E-state index is 14.4. The van der Waals surface area contributed by atoms with Gasteiger partial charge in [0.15, 0.2) is 0 Å². The molecule has 4 rings (SSSR count). The van der Waals surface area contributed by atoms with Crippen LogP contribution in [-0.4, -0.2) is 30.1 Å². The number of hydrogen-bond donors (Lipinski definition) is 2. The Bertz CT molecular complexity index is 952. The first-order chi connectivity index (χ1) is 13.0. The second-order valence-electron chi connectivity index (χ2n) is 6.36. The number of rotatable bonds is 4. The van der Waals surface area contributed by atoms with Crippen LogP contribution in [0.1, 0.15) is 28.5 Å². The molecule has 3 atom stereocenters. The lowest BCUT2D eigenvalue weighted by Crippen LogP contribution is -2.25. The van der Waals surface area contributed by atoms with Gasteiger partial charge in [0.25, 0.3) is 11.9 Å². The van der Waals surface area contributed by atoms with Gasteiger partial charge >= 0.3 is 0 Å². The zero-order chi connectivity index (χ0) is 19.1. The van der Waals surface area contributed by atoms with Crippen LogP contribution in [0.2, 0.25) is 5.02 Å². The minimum Gasteiger partial charge on any atom is -0.495 e. The van der Waals surface area contributed by atoms with Crippen LogP contribution in [-0.2, 0) is 4.74 Å². The van der Waals surface area contributed by atoms with E-state index in [2.05, 4.69) is 15.3 Å². The Kier molecular flexibility index (Phi) is 4.35. The molecule has 0 unspecified atom stereocenters. The molecule has 27 heavy (non-hydrogen) atoms. The first-order valence-electron chi connectivity index (χ1n) is 8.26. The molecule has 0 saturated heterocycles. The van der Waals surface area contributed by atoms with Crippen LogP contribution < -0.4 is 15.8 Å². The summed E-state index contributed by atoms with van der Waals surface area (Å²) in [5.74, 6) is -0.396. The number of nitrogens with one attached hydrogen (secondary N) is 1. The molecule has 1 aliphatic heterocycles. The number of methoxy groups -OCH3 is 1. The van der Waals surface area contributed by atoms with Gasteiger partial charge in [-0.05, 0) is 24.6 Å². The van der Waals surface area contributed by atoms with Crippen molar-refractivity contribution in [1.82, 2.24) is 4.98 Å². The molecule has 1 aliphatic carbocycles.